The largest absolute Gasteiger partial charge is 0.375 e. The predicted molar refractivity (Wildman–Crippen MR) is 64.8 cm³/mol. The molecule has 0 saturated carbocycles. The van der Waals surface area contributed by atoms with Gasteiger partial charge in [-0.3, -0.25) is 0 Å². The highest BCUT2D eigenvalue weighted by Crippen LogP contribution is 2.11. The Morgan fingerprint density at radius 1 is 1.17 bits per heavy atom. The first-order valence-electron chi connectivity index (χ1n) is 5.93. The monoisotopic (exact) mass is 259 g/mol. The van der Waals surface area contributed by atoms with Crippen molar-refractivity contribution in [1.29, 1.82) is 0 Å². The van der Waals surface area contributed by atoms with E-state index >= 15 is 0 Å². The quantitative estimate of drug-likeness (QED) is 0.752. The maximum atomic E-state index is 11.9. The van der Waals surface area contributed by atoms with Crippen molar-refractivity contribution < 1.29 is 13.5 Å². The van der Waals surface area contributed by atoms with Gasteiger partial charge in [-0.25, -0.2) is 18.7 Å². The van der Waals surface area contributed by atoms with E-state index in [1.807, 2.05) is 13.8 Å². The molecule has 0 fully saturated rings. The minimum atomic E-state index is -2.43. The number of nitrogens with two attached hydrogens (primary N) is 1. The zero-order chi connectivity index (χ0) is 13.5. The van der Waals surface area contributed by atoms with E-state index in [1.165, 1.54) is 0 Å². The summed E-state index contributed by atoms with van der Waals surface area (Å²) in [7, 11) is 0. The first-order valence-corrected chi connectivity index (χ1v) is 5.93. The molecule has 102 valence electrons. The first kappa shape index (κ1) is 14.9. The van der Waals surface area contributed by atoms with Crippen LogP contribution in [0.15, 0.2) is 0 Å². The molecule has 0 amide bonds. The number of aryl methyl sites for hydroxylation is 2. The second-order valence-electron chi connectivity index (χ2n) is 4.04. The van der Waals surface area contributed by atoms with Gasteiger partial charge >= 0.3 is 0 Å². The Bertz CT molecular complexity index is 363. The van der Waals surface area contributed by atoms with E-state index < -0.39 is 13.0 Å². The summed E-state index contributed by atoms with van der Waals surface area (Å²) in [4.78, 5) is 8.67. The third-order valence-electron chi connectivity index (χ3n) is 2.58. The molecular formula is C12H19F2N3O. The van der Waals surface area contributed by atoms with E-state index in [0.717, 1.165) is 23.4 Å². The molecule has 18 heavy (non-hydrogen) atoms. The Labute approximate surface area is 106 Å². The molecule has 2 N–H and O–H groups in total. The summed E-state index contributed by atoms with van der Waals surface area (Å²) in [6, 6.07) is 0. The van der Waals surface area contributed by atoms with Crippen LogP contribution in [0.5, 0.6) is 0 Å². The fourth-order valence-electron chi connectivity index (χ4n) is 1.76. The highest BCUT2D eigenvalue weighted by molar-refractivity contribution is 5.24. The van der Waals surface area contributed by atoms with Gasteiger partial charge in [0.25, 0.3) is 6.43 Å². The summed E-state index contributed by atoms with van der Waals surface area (Å²) in [5.41, 5.74) is 8.38. The molecule has 0 bridgehead atoms. The third-order valence-corrected chi connectivity index (χ3v) is 2.58. The van der Waals surface area contributed by atoms with Crippen molar-refractivity contribution in [1.82, 2.24) is 9.97 Å². The van der Waals surface area contributed by atoms with Crippen LogP contribution in [0.1, 0.15) is 22.8 Å². The van der Waals surface area contributed by atoms with Crippen LogP contribution in [0.4, 0.5) is 8.78 Å². The van der Waals surface area contributed by atoms with Gasteiger partial charge in [0.05, 0.1) is 6.61 Å². The van der Waals surface area contributed by atoms with Crippen molar-refractivity contribution in [3.8, 4) is 0 Å². The molecule has 1 aromatic rings. The van der Waals surface area contributed by atoms with Gasteiger partial charge in [0.15, 0.2) is 0 Å². The van der Waals surface area contributed by atoms with E-state index in [0.29, 0.717) is 18.8 Å². The standard InChI is InChI=1S/C12H19F2N3O/c1-8-10(3-5-15)9(2)17-12(16-8)4-6-18-7-11(13)14/h11H,3-7,15H2,1-2H3. The van der Waals surface area contributed by atoms with Crippen molar-refractivity contribution in [2.45, 2.75) is 33.1 Å². The molecule has 0 radical (unpaired) electrons. The fraction of sp³-hybridized carbons (Fsp3) is 0.667. The third kappa shape index (κ3) is 4.62. The molecule has 6 heteroatoms. The molecular weight excluding hydrogens is 240 g/mol. The summed E-state index contributed by atoms with van der Waals surface area (Å²) in [6.07, 6.45) is -1.24. The van der Waals surface area contributed by atoms with Crippen LogP contribution < -0.4 is 5.73 Å². The normalized spacial score (nSPS) is 11.2. The zero-order valence-corrected chi connectivity index (χ0v) is 10.7. The average Bonchev–Trinajstić information content (AvgIpc) is 2.29. The van der Waals surface area contributed by atoms with Gasteiger partial charge in [-0.2, -0.15) is 0 Å². The topological polar surface area (TPSA) is 61.0 Å². The Morgan fingerprint density at radius 2 is 1.78 bits per heavy atom. The molecule has 0 saturated heterocycles. The summed E-state index contributed by atoms with van der Waals surface area (Å²) in [6.45, 7) is 4.04. The minimum absolute atomic E-state index is 0.208. The number of hydrogen-bond donors (Lipinski definition) is 1. The number of aromatic nitrogens is 2. The number of rotatable bonds is 7. The lowest BCUT2D eigenvalue weighted by Gasteiger charge is -2.10. The van der Waals surface area contributed by atoms with Gasteiger partial charge in [-0.05, 0) is 32.4 Å². The second-order valence-corrected chi connectivity index (χ2v) is 4.04. The number of alkyl halides is 2. The SMILES string of the molecule is Cc1nc(CCOCC(F)F)nc(C)c1CCN. The average molecular weight is 259 g/mol. The van der Waals surface area contributed by atoms with E-state index in [2.05, 4.69) is 9.97 Å². The van der Waals surface area contributed by atoms with Crippen molar-refractivity contribution >= 4 is 0 Å². The van der Waals surface area contributed by atoms with Gasteiger partial charge in [-0.15, -0.1) is 0 Å². The Morgan fingerprint density at radius 3 is 2.28 bits per heavy atom. The molecule has 1 heterocycles. The molecule has 0 unspecified atom stereocenters. The zero-order valence-electron chi connectivity index (χ0n) is 10.7. The van der Waals surface area contributed by atoms with E-state index in [-0.39, 0.29) is 6.61 Å². The van der Waals surface area contributed by atoms with E-state index in [9.17, 15) is 8.78 Å². The van der Waals surface area contributed by atoms with Crippen LogP contribution in [-0.4, -0.2) is 36.2 Å². The lowest BCUT2D eigenvalue weighted by molar-refractivity contribution is 0.0182. The van der Waals surface area contributed by atoms with Crippen molar-refractivity contribution in [2.75, 3.05) is 19.8 Å². The number of nitrogens with zero attached hydrogens (tertiary/aromatic N) is 2. The summed E-state index contributed by atoms with van der Waals surface area (Å²) < 4.78 is 28.5. The molecule has 0 aromatic carbocycles. The smallest absolute Gasteiger partial charge is 0.261 e. The number of halogens is 2. The van der Waals surface area contributed by atoms with Gasteiger partial charge in [0.2, 0.25) is 0 Å². The molecule has 1 aromatic heterocycles. The Hall–Kier alpha value is -1.14. The Balaban J connectivity index is 2.57. The van der Waals surface area contributed by atoms with Crippen LogP contribution >= 0.6 is 0 Å². The second kappa shape index (κ2) is 7.33. The van der Waals surface area contributed by atoms with E-state index in [4.69, 9.17) is 10.5 Å². The van der Waals surface area contributed by atoms with E-state index in [1.54, 1.807) is 0 Å². The van der Waals surface area contributed by atoms with Gasteiger partial charge in [0.1, 0.15) is 12.4 Å². The maximum absolute atomic E-state index is 11.9. The van der Waals surface area contributed by atoms with Crippen molar-refractivity contribution in [2.24, 2.45) is 5.73 Å². The summed E-state index contributed by atoms with van der Waals surface area (Å²) in [5.74, 6) is 0.625. The minimum Gasteiger partial charge on any atom is -0.375 e. The lowest BCUT2D eigenvalue weighted by Crippen LogP contribution is -2.13. The van der Waals surface area contributed by atoms with Crippen molar-refractivity contribution in [3.05, 3.63) is 22.8 Å². The lowest BCUT2D eigenvalue weighted by atomic mass is 10.1. The van der Waals surface area contributed by atoms with Crippen LogP contribution in [0, 0.1) is 13.8 Å². The Kier molecular flexibility index (Phi) is 6.07. The molecule has 0 aliphatic rings. The van der Waals surface area contributed by atoms with Crippen molar-refractivity contribution in [3.63, 3.8) is 0 Å². The first-order chi connectivity index (χ1) is 8.54. The van der Waals surface area contributed by atoms with Gasteiger partial charge in [0, 0.05) is 17.8 Å². The molecule has 0 atom stereocenters. The summed E-state index contributed by atoms with van der Waals surface area (Å²) in [5, 5.41) is 0. The molecule has 4 nitrogen and oxygen atoms in total. The number of hydrogen-bond acceptors (Lipinski definition) is 4. The van der Waals surface area contributed by atoms with Crippen LogP contribution in [0.3, 0.4) is 0 Å². The van der Waals surface area contributed by atoms with Crippen LogP contribution in [0.25, 0.3) is 0 Å². The van der Waals surface area contributed by atoms with Crippen LogP contribution in [-0.2, 0) is 17.6 Å². The van der Waals surface area contributed by atoms with Gasteiger partial charge < -0.3 is 10.5 Å². The predicted octanol–water partition coefficient (Wildman–Crippen LogP) is 1.42. The van der Waals surface area contributed by atoms with Gasteiger partial charge in [-0.1, -0.05) is 0 Å². The molecule has 0 spiro atoms. The highest BCUT2D eigenvalue weighted by atomic mass is 19.3. The van der Waals surface area contributed by atoms with Crippen LogP contribution in [0.2, 0.25) is 0 Å². The number of ether oxygens (including phenoxy) is 1. The molecule has 0 aliphatic heterocycles. The molecule has 1 rings (SSSR count). The molecule has 0 aliphatic carbocycles. The highest BCUT2D eigenvalue weighted by Gasteiger charge is 2.08. The maximum Gasteiger partial charge on any atom is 0.261 e. The summed E-state index contributed by atoms with van der Waals surface area (Å²) >= 11 is 0. The fourth-order valence-corrected chi connectivity index (χ4v) is 1.76.